The number of nitrogens with zero attached hydrogens (tertiary/aromatic N) is 4. The van der Waals surface area contributed by atoms with Crippen molar-refractivity contribution in [3.8, 4) is 5.69 Å². The van der Waals surface area contributed by atoms with Crippen LogP contribution in [-0.4, -0.2) is 32.7 Å². The van der Waals surface area contributed by atoms with Gasteiger partial charge in [-0.2, -0.15) is 10.2 Å². The molecule has 1 saturated heterocycles. The van der Waals surface area contributed by atoms with E-state index in [0.717, 1.165) is 43.2 Å². The van der Waals surface area contributed by atoms with Gasteiger partial charge in [-0.15, -0.1) is 0 Å². The zero-order valence-corrected chi connectivity index (χ0v) is 15.1. The molecule has 2 atom stereocenters. The van der Waals surface area contributed by atoms with E-state index in [9.17, 15) is 0 Å². The first-order chi connectivity index (χ1) is 12.8. The topological polar surface area (TPSA) is 56.9 Å². The van der Waals surface area contributed by atoms with Gasteiger partial charge < -0.3 is 10.1 Å². The molecule has 3 heterocycles. The van der Waals surface area contributed by atoms with Crippen LogP contribution in [-0.2, 0) is 18.3 Å². The van der Waals surface area contributed by atoms with E-state index >= 15 is 0 Å². The lowest BCUT2D eigenvalue weighted by molar-refractivity contribution is -0.0323. The lowest BCUT2D eigenvalue weighted by atomic mass is 9.92. The number of para-hydroxylation sites is 1. The molecule has 6 heteroatoms. The third kappa shape index (κ3) is 3.71. The number of ether oxygens (including phenoxy) is 1. The van der Waals surface area contributed by atoms with Gasteiger partial charge in [0, 0.05) is 45.1 Å². The van der Waals surface area contributed by atoms with Crippen LogP contribution in [0.3, 0.4) is 0 Å². The van der Waals surface area contributed by atoms with Crippen molar-refractivity contribution in [2.75, 3.05) is 13.2 Å². The van der Waals surface area contributed by atoms with E-state index in [-0.39, 0.29) is 6.10 Å². The number of aryl methyl sites for hydroxylation is 1. The number of benzene rings is 1. The summed E-state index contributed by atoms with van der Waals surface area (Å²) < 4.78 is 9.90. The maximum atomic E-state index is 6.06. The molecule has 26 heavy (non-hydrogen) atoms. The van der Waals surface area contributed by atoms with Gasteiger partial charge in [-0.3, -0.25) is 4.68 Å². The average molecular weight is 351 g/mol. The number of rotatable bonds is 6. The first-order valence-corrected chi connectivity index (χ1v) is 9.21. The zero-order valence-electron chi connectivity index (χ0n) is 15.1. The van der Waals surface area contributed by atoms with Crippen LogP contribution >= 0.6 is 0 Å². The second kappa shape index (κ2) is 7.85. The molecule has 0 radical (unpaired) electrons. The molecule has 1 N–H and O–H groups in total. The van der Waals surface area contributed by atoms with E-state index in [1.807, 2.05) is 47.0 Å². The number of aromatic nitrogens is 4. The quantitative estimate of drug-likeness (QED) is 0.742. The van der Waals surface area contributed by atoms with Crippen LogP contribution < -0.4 is 5.32 Å². The van der Waals surface area contributed by atoms with Crippen LogP contribution in [0.25, 0.3) is 5.69 Å². The third-order valence-corrected chi connectivity index (χ3v) is 4.97. The zero-order chi connectivity index (χ0) is 17.8. The fourth-order valence-corrected chi connectivity index (χ4v) is 3.61. The van der Waals surface area contributed by atoms with E-state index in [1.165, 1.54) is 6.42 Å². The van der Waals surface area contributed by atoms with Gasteiger partial charge >= 0.3 is 0 Å². The lowest BCUT2D eigenvalue weighted by Crippen LogP contribution is -2.32. The van der Waals surface area contributed by atoms with Gasteiger partial charge in [-0.1, -0.05) is 18.2 Å². The van der Waals surface area contributed by atoms with Crippen LogP contribution in [0.1, 0.15) is 30.3 Å². The molecule has 0 aliphatic carbocycles. The van der Waals surface area contributed by atoms with Crippen molar-refractivity contribution < 1.29 is 4.74 Å². The van der Waals surface area contributed by atoms with Crippen LogP contribution in [0.2, 0.25) is 0 Å². The first kappa shape index (κ1) is 17.0. The molecule has 0 saturated carbocycles. The molecule has 2 aromatic heterocycles. The summed E-state index contributed by atoms with van der Waals surface area (Å²) in [7, 11) is 1.98. The standard InChI is InChI=1S/C20H25N5O/c1-24-19(9-11-22-24)20-16(6-5-13-26-20)14-21-15-17-10-12-25(23-17)18-7-3-2-4-8-18/h2-4,7-12,16,20-21H,5-6,13-15H2,1H3/t16-,20+/m0/s1. The summed E-state index contributed by atoms with van der Waals surface area (Å²) in [6, 6.07) is 14.3. The molecule has 1 aliphatic heterocycles. The summed E-state index contributed by atoms with van der Waals surface area (Å²) in [5.41, 5.74) is 3.28. The third-order valence-electron chi connectivity index (χ3n) is 4.97. The van der Waals surface area contributed by atoms with E-state index in [0.29, 0.717) is 5.92 Å². The Bertz CT molecular complexity index is 826. The Balaban J connectivity index is 1.35. The number of hydrogen-bond donors (Lipinski definition) is 1. The summed E-state index contributed by atoms with van der Waals surface area (Å²) in [5.74, 6) is 0.454. The molecule has 1 aromatic carbocycles. The molecule has 136 valence electrons. The van der Waals surface area contributed by atoms with Crippen LogP contribution in [0.15, 0.2) is 54.9 Å². The van der Waals surface area contributed by atoms with Gasteiger partial charge in [-0.05, 0) is 37.1 Å². The minimum Gasteiger partial charge on any atom is -0.372 e. The van der Waals surface area contributed by atoms with Crippen LogP contribution in [0.5, 0.6) is 0 Å². The second-order valence-electron chi connectivity index (χ2n) is 6.79. The molecule has 1 aliphatic rings. The summed E-state index contributed by atoms with van der Waals surface area (Å²) >= 11 is 0. The average Bonchev–Trinajstić information content (AvgIpc) is 3.32. The van der Waals surface area contributed by atoms with Gasteiger partial charge in [0.1, 0.15) is 6.10 Å². The Labute approximate surface area is 153 Å². The molecule has 1 fully saturated rings. The molecule has 0 unspecified atom stereocenters. The van der Waals surface area contributed by atoms with Crippen molar-refractivity contribution in [1.29, 1.82) is 0 Å². The van der Waals surface area contributed by atoms with Crippen LogP contribution in [0.4, 0.5) is 0 Å². The maximum absolute atomic E-state index is 6.06. The molecule has 3 aromatic rings. The Kier molecular flexibility index (Phi) is 5.13. The SMILES string of the molecule is Cn1nccc1[C@@H]1OCCC[C@H]1CNCc1ccn(-c2ccccc2)n1. The smallest absolute Gasteiger partial charge is 0.103 e. The summed E-state index contributed by atoms with van der Waals surface area (Å²) in [6.07, 6.45) is 6.25. The van der Waals surface area contributed by atoms with Crippen molar-refractivity contribution in [3.05, 3.63) is 66.2 Å². The minimum absolute atomic E-state index is 0.116. The van der Waals surface area contributed by atoms with Crippen molar-refractivity contribution in [2.24, 2.45) is 13.0 Å². The maximum Gasteiger partial charge on any atom is 0.103 e. The highest BCUT2D eigenvalue weighted by Crippen LogP contribution is 2.32. The second-order valence-corrected chi connectivity index (χ2v) is 6.79. The Hall–Kier alpha value is -2.44. The molecule has 0 bridgehead atoms. The predicted octanol–water partition coefficient (Wildman–Crippen LogP) is 2.86. The van der Waals surface area contributed by atoms with Crippen molar-refractivity contribution in [3.63, 3.8) is 0 Å². The van der Waals surface area contributed by atoms with Gasteiger partial charge in [0.15, 0.2) is 0 Å². The highest BCUT2D eigenvalue weighted by atomic mass is 16.5. The minimum atomic E-state index is 0.116. The highest BCUT2D eigenvalue weighted by Gasteiger charge is 2.29. The van der Waals surface area contributed by atoms with Gasteiger partial charge in [0.2, 0.25) is 0 Å². The largest absolute Gasteiger partial charge is 0.372 e. The highest BCUT2D eigenvalue weighted by molar-refractivity contribution is 5.30. The summed E-state index contributed by atoms with van der Waals surface area (Å²) in [4.78, 5) is 0. The fourth-order valence-electron chi connectivity index (χ4n) is 3.61. The van der Waals surface area contributed by atoms with Gasteiger partial charge in [0.05, 0.1) is 17.1 Å². The Morgan fingerprint density at radius 2 is 2.08 bits per heavy atom. The fraction of sp³-hybridized carbons (Fsp3) is 0.400. The van der Waals surface area contributed by atoms with Gasteiger partial charge in [0.25, 0.3) is 0 Å². The normalized spacial score (nSPS) is 20.3. The molecular formula is C20H25N5O. The van der Waals surface area contributed by atoms with Crippen molar-refractivity contribution in [2.45, 2.75) is 25.5 Å². The predicted molar refractivity (Wildman–Crippen MR) is 99.9 cm³/mol. The van der Waals surface area contributed by atoms with E-state index in [2.05, 4.69) is 39.8 Å². The van der Waals surface area contributed by atoms with E-state index in [4.69, 9.17) is 4.74 Å². The summed E-state index contributed by atoms with van der Waals surface area (Å²) in [6.45, 7) is 2.50. The summed E-state index contributed by atoms with van der Waals surface area (Å²) in [5, 5.41) is 12.5. The number of nitrogens with one attached hydrogen (secondary N) is 1. The van der Waals surface area contributed by atoms with Crippen molar-refractivity contribution in [1.82, 2.24) is 24.9 Å². The number of hydrogen-bond acceptors (Lipinski definition) is 4. The van der Waals surface area contributed by atoms with Gasteiger partial charge in [-0.25, -0.2) is 4.68 Å². The van der Waals surface area contributed by atoms with E-state index < -0.39 is 0 Å². The first-order valence-electron chi connectivity index (χ1n) is 9.21. The van der Waals surface area contributed by atoms with E-state index in [1.54, 1.807) is 0 Å². The molecule has 4 rings (SSSR count). The van der Waals surface area contributed by atoms with Crippen molar-refractivity contribution >= 4 is 0 Å². The Morgan fingerprint density at radius 1 is 1.19 bits per heavy atom. The molecule has 0 spiro atoms. The Morgan fingerprint density at radius 3 is 2.88 bits per heavy atom. The molecule has 0 amide bonds. The lowest BCUT2D eigenvalue weighted by Gasteiger charge is -2.32. The molecule has 6 nitrogen and oxygen atoms in total. The van der Waals surface area contributed by atoms with Crippen LogP contribution in [0, 0.1) is 5.92 Å². The molecular weight excluding hydrogens is 326 g/mol. The monoisotopic (exact) mass is 351 g/mol.